The molecule has 146 valence electrons. The van der Waals surface area contributed by atoms with Gasteiger partial charge in [0.15, 0.2) is 5.13 Å². The molecule has 1 aromatic heterocycles. The minimum Gasteiger partial charge on any atom is -0.306 e. The van der Waals surface area contributed by atoms with Gasteiger partial charge in [-0.05, 0) is 71.1 Å². The predicted molar refractivity (Wildman–Crippen MR) is 113 cm³/mol. The first-order valence-corrected chi connectivity index (χ1v) is 10.5. The Morgan fingerprint density at radius 1 is 1.33 bits per heavy atom. The van der Waals surface area contributed by atoms with Crippen molar-refractivity contribution in [2.24, 2.45) is 0 Å². The van der Waals surface area contributed by atoms with Crippen LogP contribution < -0.4 is 5.32 Å². The molecule has 5 nitrogen and oxygen atoms in total. The number of anilines is 1. The van der Waals surface area contributed by atoms with Crippen molar-refractivity contribution in [1.29, 1.82) is 0 Å². The second kappa shape index (κ2) is 8.95. The average Bonchev–Trinajstić information content (AvgIpc) is 3.03. The fourth-order valence-electron chi connectivity index (χ4n) is 3.60. The minimum absolute atomic E-state index is 0.0785. The lowest BCUT2D eigenvalue weighted by atomic mass is 9.97. The molecule has 0 aliphatic heterocycles. The molecular formula is C21H30N4OS. The molecule has 1 aliphatic carbocycles. The van der Waals surface area contributed by atoms with Crippen LogP contribution in [0.25, 0.3) is 0 Å². The summed E-state index contributed by atoms with van der Waals surface area (Å²) in [5, 5.41) is 3.73. The number of amides is 1. The minimum atomic E-state index is -0.0785. The number of nitrogens with one attached hydrogen (secondary N) is 1. The molecule has 1 atom stereocenters. The van der Waals surface area contributed by atoms with E-state index in [4.69, 9.17) is 0 Å². The van der Waals surface area contributed by atoms with Crippen LogP contribution in [0.3, 0.4) is 0 Å². The molecule has 0 radical (unpaired) electrons. The fourth-order valence-corrected chi connectivity index (χ4v) is 4.68. The molecule has 1 aromatic carbocycles. The van der Waals surface area contributed by atoms with Crippen molar-refractivity contribution in [2.75, 3.05) is 33.0 Å². The largest absolute Gasteiger partial charge is 0.306 e. The van der Waals surface area contributed by atoms with Crippen molar-refractivity contribution in [3.8, 4) is 0 Å². The van der Waals surface area contributed by atoms with Crippen molar-refractivity contribution in [2.45, 2.75) is 45.2 Å². The quantitative estimate of drug-likeness (QED) is 0.789. The molecule has 0 fully saturated rings. The van der Waals surface area contributed by atoms with Crippen LogP contribution in [0.2, 0.25) is 0 Å². The van der Waals surface area contributed by atoms with E-state index in [-0.39, 0.29) is 5.91 Å². The second-order valence-corrected chi connectivity index (χ2v) is 8.73. The molecule has 1 amide bonds. The highest BCUT2D eigenvalue weighted by atomic mass is 32.1. The molecule has 1 aliphatic rings. The third-order valence-corrected chi connectivity index (χ3v) is 6.15. The Kier molecular flexibility index (Phi) is 6.63. The van der Waals surface area contributed by atoms with Gasteiger partial charge in [0.25, 0.3) is 5.91 Å². The summed E-state index contributed by atoms with van der Waals surface area (Å²) in [5.41, 5.74) is 3.01. The summed E-state index contributed by atoms with van der Waals surface area (Å²) in [4.78, 5) is 23.2. The van der Waals surface area contributed by atoms with Crippen molar-refractivity contribution < 1.29 is 4.79 Å². The van der Waals surface area contributed by atoms with E-state index in [2.05, 4.69) is 54.2 Å². The monoisotopic (exact) mass is 386 g/mol. The SMILES string of the molecule is CCCN(C)Cc1cccc(C(=O)Nc2nc3c(s2)CC(N(C)C)CC3)c1. The van der Waals surface area contributed by atoms with Crippen LogP contribution in [-0.2, 0) is 19.4 Å². The fraction of sp³-hybridized carbons (Fsp3) is 0.524. The van der Waals surface area contributed by atoms with Crippen LogP contribution >= 0.6 is 11.3 Å². The van der Waals surface area contributed by atoms with Crippen molar-refractivity contribution >= 4 is 22.4 Å². The van der Waals surface area contributed by atoms with E-state index < -0.39 is 0 Å². The number of benzene rings is 1. The van der Waals surface area contributed by atoms with Crippen LogP contribution in [0.15, 0.2) is 24.3 Å². The van der Waals surface area contributed by atoms with Crippen LogP contribution in [-0.4, -0.2) is 54.4 Å². The second-order valence-electron chi connectivity index (χ2n) is 7.64. The van der Waals surface area contributed by atoms with Crippen LogP contribution in [0.1, 0.15) is 46.3 Å². The van der Waals surface area contributed by atoms with Gasteiger partial charge in [0.1, 0.15) is 0 Å². The lowest BCUT2D eigenvalue weighted by Gasteiger charge is -2.27. The predicted octanol–water partition coefficient (Wildman–Crippen LogP) is 3.66. The van der Waals surface area contributed by atoms with Crippen molar-refractivity contribution in [1.82, 2.24) is 14.8 Å². The van der Waals surface area contributed by atoms with Gasteiger partial charge < -0.3 is 9.80 Å². The van der Waals surface area contributed by atoms with E-state index in [1.165, 1.54) is 4.88 Å². The maximum atomic E-state index is 12.7. The highest BCUT2D eigenvalue weighted by Crippen LogP contribution is 2.31. The molecule has 0 saturated carbocycles. The summed E-state index contributed by atoms with van der Waals surface area (Å²) in [6.45, 7) is 4.08. The number of likely N-dealkylation sites (N-methyl/N-ethyl adjacent to an activating group) is 1. The Hall–Kier alpha value is -1.76. The van der Waals surface area contributed by atoms with Crippen LogP contribution in [0.5, 0.6) is 0 Å². The zero-order valence-electron chi connectivity index (χ0n) is 16.8. The van der Waals surface area contributed by atoms with Crippen LogP contribution in [0, 0.1) is 0 Å². The van der Waals surface area contributed by atoms with Gasteiger partial charge in [0, 0.05) is 23.0 Å². The number of carbonyl (C=O) groups excluding carboxylic acids is 1. The number of nitrogens with zero attached hydrogens (tertiary/aromatic N) is 3. The topological polar surface area (TPSA) is 48.5 Å². The highest BCUT2D eigenvalue weighted by molar-refractivity contribution is 7.15. The Morgan fingerprint density at radius 2 is 2.15 bits per heavy atom. The first-order chi connectivity index (χ1) is 13.0. The molecule has 1 unspecified atom stereocenters. The Morgan fingerprint density at radius 3 is 2.89 bits per heavy atom. The van der Waals surface area contributed by atoms with E-state index >= 15 is 0 Å². The lowest BCUT2D eigenvalue weighted by molar-refractivity contribution is 0.102. The summed E-state index contributed by atoms with van der Waals surface area (Å²) < 4.78 is 0. The van der Waals surface area contributed by atoms with E-state index in [1.807, 2.05) is 18.2 Å². The summed E-state index contributed by atoms with van der Waals surface area (Å²) in [6, 6.07) is 8.45. The van der Waals surface area contributed by atoms with Crippen molar-refractivity contribution in [3.63, 3.8) is 0 Å². The number of hydrogen-bond acceptors (Lipinski definition) is 5. The number of fused-ring (bicyclic) bond motifs is 1. The summed E-state index contributed by atoms with van der Waals surface area (Å²) in [5.74, 6) is -0.0785. The number of rotatable bonds is 7. The van der Waals surface area contributed by atoms with E-state index in [9.17, 15) is 4.79 Å². The molecule has 6 heteroatoms. The summed E-state index contributed by atoms with van der Waals surface area (Å²) in [6.07, 6.45) is 4.27. The van der Waals surface area contributed by atoms with Gasteiger partial charge in [-0.3, -0.25) is 10.1 Å². The molecule has 27 heavy (non-hydrogen) atoms. The number of aromatic nitrogens is 1. The third-order valence-electron chi connectivity index (χ3n) is 5.11. The van der Waals surface area contributed by atoms with Gasteiger partial charge in [-0.15, -0.1) is 11.3 Å². The van der Waals surface area contributed by atoms with Gasteiger partial charge in [-0.1, -0.05) is 19.1 Å². The summed E-state index contributed by atoms with van der Waals surface area (Å²) in [7, 11) is 6.37. The van der Waals surface area contributed by atoms with Gasteiger partial charge in [-0.2, -0.15) is 0 Å². The first kappa shape index (κ1) is 20.0. The molecular weight excluding hydrogens is 356 g/mol. The molecule has 0 spiro atoms. The molecule has 0 saturated heterocycles. The van der Waals surface area contributed by atoms with E-state index in [0.29, 0.717) is 11.6 Å². The van der Waals surface area contributed by atoms with E-state index in [1.54, 1.807) is 11.3 Å². The van der Waals surface area contributed by atoms with Gasteiger partial charge >= 0.3 is 0 Å². The van der Waals surface area contributed by atoms with Gasteiger partial charge in [0.05, 0.1) is 5.69 Å². The lowest BCUT2D eigenvalue weighted by Crippen LogP contribution is -2.32. The highest BCUT2D eigenvalue weighted by Gasteiger charge is 2.24. The zero-order valence-corrected chi connectivity index (χ0v) is 17.6. The van der Waals surface area contributed by atoms with Crippen molar-refractivity contribution in [3.05, 3.63) is 46.0 Å². The van der Waals surface area contributed by atoms with E-state index in [0.717, 1.165) is 55.2 Å². The number of aryl methyl sites for hydroxylation is 1. The third kappa shape index (κ3) is 5.15. The molecule has 0 bridgehead atoms. The number of thiazole rings is 1. The Balaban J connectivity index is 1.66. The molecule has 1 heterocycles. The Labute approximate surface area is 166 Å². The molecule has 3 rings (SSSR count). The smallest absolute Gasteiger partial charge is 0.257 e. The number of carbonyl (C=O) groups is 1. The molecule has 2 aromatic rings. The normalized spacial score (nSPS) is 16.6. The Bertz CT molecular complexity index is 786. The number of hydrogen-bond donors (Lipinski definition) is 1. The first-order valence-electron chi connectivity index (χ1n) is 9.70. The van der Waals surface area contributed by atoms with Crippen LogP contribution in [0.4, 0.5) is 5.13 Å². The summed E-state index contributed by atoms with van der Waals surface area (Å²) >= 11 is 1.62. The standard InChI is InChI=1S/C21H30N4OS/c1-5-11-25(4)14-15-7-6-8-16(12-15)20(26)23-21-22-18-10-9-17(24(2)3)13-19(18)27-21/h6-8,12,17H,5,9-11,13-14H2,1-4H3,(H,22,23,26). The zero-order chi connectivity index (χ0) is 19.4. The maximum Gasteiger partial charge on any atom is 0.257 e. The molecule has 1 N–H and O–H groups in total. The average molecular weight is 387 g/mol. The maximum absolute atomic E-state index is 12.7. The van der Waals surface area contributed by atoms with Gasteiger partial charge in [-0.25, -0.2) is 4.98 Å². The van der Waals surface area contributed by atoms with Gasteiger partial charge in [0.2, 0.25) is 0 Å².